The molecule has 0 spiro atoms. The monoisotopic (exact) mass is 331 g/mol. The average molecular weight is 332 g/mol. The molecule has 23 heavy (non-hydrogen) atoms. The van der Waals surface area contributed by atoms with Gasteiger partial charge in [-0.05, 0) is 36.8 Å². The number of hydrogen-bond acceptors (Lipinski definition) is 3. The van der Waals surface area contributed by atoms with Crippen LogP contribution in [-0.4, -0.2) is 11.9 Å². The molecule has 5 heteroatoms. The van der Waals surface area contributed by atoms with E-state index < -0.39 is 12.0 Å². The molecule has 2 rings (SSSR count). The van der Waals surface area contributed by atoms with Gasteiger partial charge in [0.1, 0.15) is 5.75 Å². The highest BCUT2D eigenvalue weighted by Crippen LogP contribution is 2.20. The smallest absolute Gasteiger partial charge is 0.313 e. The summed E-state index contributed by atoms with van der Waals surface area (Å²) in [7, 11) is 0. The summed E-state index contributed by atoms with van der Waals surface area (Å²) >= 11 is 5.79. The first-order valence-electron chi connectivity index (χ1n) is 7.24. The summed E-state index contributed by atoms with van der Waals surface area (Å²) in [5.74, 6) is -0.202. The molecule has 1 N–H and O–H groups in total. The summed E-state index contributed by atoms with van der Waals surface area (Å²) < 4.78 is 5.28. The quantitative estimate of drug-likeness (QED) is 0.669. The summed E-state index contributed by atoms with van der Waals surface area (Å²) in [6.07, 6.45) is 0.0469. The second-order valence-electron chi connectivity index (χ2n) is 5.30. The zero-order valence-corrected chi connectivity index (χ0v) is 13.8. The van der Waals surface area contributed by atoms with E-state index in [1.165, 1.54) is 6.92 Å². The van der Waals surface area contributed by atoms with Crippen molar-refractivity contribution in [1.29, 1.82) is 0 Å². The van der Waals surface area contributed by atoms with Crippen LogP contribution in [0.2, 0.25) is 5.02 Å². The van der Waals surface area contributed by atoms with Gasteiger partial charge in [-0.3, -0.25) is 9.59 Å². The second kappa shape index (κ2) is 7.79. The van der Waals surface area contributed by atoms with E-state index in [0.29, 0.717) is 10.8 Å². The van der Waals surface area contributed by atoms with E-state index in [2.05, 4.69) is 5.32 Å². The van der Waals surface area contributed by atoms with Gasteiger partial charge in [-0.15, -0.1) is 0 Å². The highest BCUT2D eigenvalue weighted by atomic mass is 35.5. The predicted octanol–water partition coefficient (Wildman–Crippen LogP) is 3.82. The molecule has 0 heterocycles. The fourth-order valence-corrected chi connectivity index (χ4v) is 2.26. The van der Waals surface area contributed by atoms with E-state index in [4.69, 9.17) is 16.3 Å². The zero-order chi connectivity index (χ0) is 16.8. The van der Waals surface area contributed by atoms with Crippen LogP contribution in [0.5, 0.6) is 5.75 Å². The third-order valence-electron chi connectivity index (χ3n) is 3.27. The Bertz CT molecular complexity index is 680. The van der Waals surface area contributed by atoms with Gasteiger partial charge < -0.3 is 10.1 Å². The molecule has 2 aromatic rings. The second-order valence-corrected chi connectivity index (χ2v) is 5.73. The third-order valence-corrected chi connectivity index (χ3v) is 3.53. The molecule has 120 valence electrons. The summed E-state index contributed by atoms with van der Waals surface area (Å²) in [5.41, 5.74) is 1.97. The first-order chi connectivity index (χ1) is 10.9. The Labute approximate surface area is 140 Å². The molecule has 0 saturated heterocycles. The number of halogens is 1. The van der Waals surface area contributed by atoms with Crippen molar-refractivity contribution in [1.82, 2.24) is 5.32 Å². The molecule has 0 aliphatic heterocycles. The van der Waals surface area contributed by atoms with Gasteiger partial charge in [0.15, 0.2) is 0 Å². The average Bonchev–Trinajstić information content (AvgIpc) is 2.49. The highest BCUT2D eigenvalue weighted by molar-refractivity contribution is 6.30. The Kier molecular flexibility index (Phi) is 5.77. The van der Waals surface area contributed by atoms with E-state index in [1.54, 1.807) is 24.3 Å². The number of carbonyl (C=O) groups excluding carboxylic acids is 2. The van der Waals surface area contributed by atoms with Crippen LogP contribution >= 0.6 is 11.6 Å². The molecule has 0 fully saturated rings. The predicted molar refractivity (Wildman–Crippen MR) is 89.4 cm³/mol. The maximum atomic E-state index is 12.1. The molecule has 4 nitrogen and oxygen atoms in total. The van der Waals surface area contributed by atoms with Crippen LogP contribution in [-0.2, 0) is 9.59 Å². The van der Waals surface area contributed by atoms with Gasteiger partial charge in [0.2, 0.25) is 5.91 Å². The number of hydrogen-bond donors (Lipinski definition) is 1. The SMILES string of the molecule is CC(=O)N[C@H](CC(=O)Oc1ccc(Cl)cc1)c1ccc(C)cc1. The van der Waals surface area contributed by atoms with Crippen molar-refractivity contribution in [3.8, 4) is 5.75 Å². The number of ether oxygens (including phenoxy) is 1. The van der Waals surface area contributed by atoms with E-state index in [9.17, 15) is 9.59 Å². The molecular weight excluding hydrogens is 314 g/mol. The zero-order valence-electron chi connectivity index (χ0n) is 13.0. The molecule has 0 saturated carbocycles. The maximum absolute atomic E-state index is 12.1. The normalized spacial score (nSPS) is 11.6. The van der Waals surface area contributed by atoms with Gasteiger partial charge in [0.25, 0.3) is 0 Å². The Morgan fingerprint density at radius 2 is 1.70 bits per heavy atom. The molecule has 0 aliphatic carbocycles. The Hall–Kier alpha value is -2.33. The number of rotatable bonds is 5. The van der Waals surface area contributed by atoms with Crippen LogP contribution in [0.3, 0.4) is 0 Å². The van der Waals surface area contributed by atoms with Crippen LogP contribution < -0.4 is 10.1 Å². The highest BCUT2D eigenvalue weighted by Gasteiger charge is 2.18. The molecule has 0 unspecified atom stereocenters. The van der Waals surface area contributed by atoms with Crippen molar-refractivity contribution in [3.63, 3.8) is 0 Å². The minimum absolute atomic E-state index is 0.0469. The van der Waals surface area contributed by atoms with E-state index in [0.717, 1.165) is 11.1 Å². The van der Waals surface area contributed by atoms with Gasteiger partial charge in [-0.2, -0.15) is 0 Å². The first-order valence-corrected chi connectivity index (χ1v) is 7.62. The van der Waals surface area contributed by atoms with Crippen molar-refractivity contribution < 1.29 is 14.3 Å². The number of carbonyl (C=O) groups is 2. The fraction of sp³-hybridized carbons (Fsp3) is 0.222. The summed E-state index contributed by atoms with van der Waals surface area (Å²) in [6.45, 7) is 3.40. The molecule has 1 amide bonds. The van der Waals surface area contributed by atoms with Crippen molar-refractivity contribution in [2.75, 3.05) is 0 Å². The Balaban J connectivity index is 2.07. The number of aryl methyl sites for hydroxylation is 1. The van der Waals surface area contributed by atoms with Gasteiger partial charge >= 0.3 is 5.97 Å². The lowest BCUT2D eigenvalue weighted by Gasteiger charge is -2.18. The van der Waals surface area contributed by atoms with Gasteiger partial charge in [0, 0.05) is 11.9 Å². The molecule has 1 atom stereocenters. The molecule has 0 aliphatic rings. The van der Waals surface area contributed by atoms with Crippen LogP contribution in [0.4, 0.5) is 0 Å². The minimum atomic E-state index is -0.424. The lowest BCUT2D eigenvalue weighted by atomic mass is 10.0. The van der Waals surface area contributed by atoms with E-state index in [-0.39, 0.29) is 12.3 Å². The number of nitrogens with one attached hydrogen (secondary N) is 1. The largest absolute Gasteiger partial charge is 0.426 e. The fourth-order valence-electron chi connectivity index (χ4n) is 2.14. The molecule has 2 aromatic carbocycles. The Morgan fingerprint density at radius 3 is 2.26 bits per heavy atom. The topological polar surface area (TPSA) is 55.4 Å². The van der Waals surface area contributed by atoms with Crippen LogP contribution in [0.1, 0.15) is 30.5 Å². The number of esters is 1. The van der Waals surface area contributed by atoms with Gasteiger partial charge in [0.05, 0.1) is 12.5 Å². The first kappa shape index (κ1) is 17.0. The van der Waals surface area contributed by atoms with Crippen molar-refractivity contribution in [2.24, 2.45) is 0 Å². The molecule has 0 aromatic heterocycles. The van der Waals surface area contributed by atoms with E-state index >= 15 is 0 Å². The van der Waals surface area contributed by atoms with Gasteiger partial charge in [-0.1, -0.05) is 41.4 Å². The molecular formula is C18H18ClNO3. The third kappa shape index (κ3) is 5.42. The lowest BCUT2D eigenvalue weighted by Crippen LogP contribution is -2.29. The summed E-state index contributed by atoms with van der Waals surface area (Å²) in [6, 6.07) is 13.8. The van der Waals surface area contributed by atoms with Crippen molar-refractivity contribution >= 4 is 23.5 Å². The number of amides is 1. The van der Waals surface area contributed by atoms with Crippen LogP contribution in [0, 0.1) is 6.92 Å². The van der Waals surface area contributed by atoms with Crippen LogP contribution in [0.15, 0.2) is 48.5 Å². The van der Waals surface area contributed by atoms with Crippen LogP contribution in [0.25, 0.3) is 0 Å². The standard InChI is InChI=1S/C18H18ClNO3/c1-12-3-5-14(6-4-12)17(20-13(2)21)11-18(22)23-16-9-7-15(19)8-10-16/h3-10,17H,11H2,1-2H3,(H,20,21)/t17-/m1/s1. The lowest BCUT2D eigenvalue weighted by molar-refractivity contribution is -0.135. The van der Waals surface area contributed by atoms with Gasteiger partial charge in [-0.25, -0.2) is 0 Å². The molecule has 0 bridgehead atoms. The van der Waals surface area contributed by atoms with Crippen molar-refractivity contribution in [3.05, 3.63) is 64.7 Å². The number of benzene rings is 2. The summed E-state index contributed by atoms with van der Waals surface area (Å²) in [5, 5.41) is 3.35. The Morgan fingerprint density at radius 1 is 1.09 bits per heavy atom. The maximum Gasteiger partial charge on any atom is 0.313 e. The molecule has 0 radical (unpaired) electrons. The minimum Gasteiger partial charge on any atom is -0.426 e. The summed E-state index contributed by atoms with van der Waals surface area (Å²) in [4.78, 5) is 23.5. The van der Waals surface area contributed by atoms with E-state index in [1.807, 2.05) is 31.2 Å². The van der Waals surface area contributed by atoms with Crippen molar-refractivity contribution in [2.45, 2.75) is 26.3 Å².